The van der Waals surface area contributed by atoms with Crippen LogP contribution in [0.25, 0.3) is 0 Å². The zero-order valence-electron chi connectivity index (χ0n) is 10.4. The number of nitrogens with two attached hydrogens (primary N) is 1. The fourth-order valence-electron chi connectivity index (χ4n) is 1.92. The topological polar surface area (TPSA) is 64.7 Å². The van der Waals surface area contributed by atoms with E-state index >= 15 is 0 Å². The standard InChI is InChI=1S/C12H25NO3/c1-9(2)15-7-10(14)8-16-12-6-4-3-5-11(12)13/h9-12,14H,3-8,13H2,1-2H3. The van der Waals surface area contributed by atoms with E-state index in [4.69, 9.17) is 15.2 Å². The molecule has 4 heteroatoms. The Labute approximate surface area is 98.1 Å². The maximum atomic E-state index is 9.62. The SMILES string of the molecule is CC(C)OCC(O)COC1CCCCC1N. The summed E-state index contributed by atoms with van der Waals surface area (Å²) in [6, 6.07) is 0.131. The minimum absolute atomic E-state index is 0.113. The van der Waals surface area contributed by atoms with Gasteiger partial charge in [-0.2, -0.15) is 0 Å². The van der Waals surface area contributed by atoms with Gasteiger partial charge in [0.15, 0.2) is 0 Å². The van der Waals surface area contributed by atoms with E-state index in [0.717, 1.165) is 12.8 Å². The molecule has 3 N–H and O–H groups in total. The van der Waals surface area contributed by atoms with E-state index in [9.17, 15) is 5.11 Å². The Hall–Kier alpha value is -0.160. The summed E-state index contributed by atoms with van der Waals surface area (Å²) >= 11 is 0. The van der Waals surface area contributed by atoms with Crippen LogP contribution >= 0.6 is 0 Å². The van der Waals surface area contributed by atoms with Gasteiger partial charge >= 0.3 is 0 Å². The highest BCUT2D eigenvalue weighted by Gasteiger charge is 2.23. The summed E-state index contributed by atoms with van der Waals surface area (Å²) in [6.45, 7) is 4.56. The van der Waals surface area contributed by atoms with Gasteiger partial charge in [0.05, 0.1) is 25.4 Å². The molecule has 0 aromatic carbocycles. The number of hydrogen-bond acceptors (Lipinski definition) is 4. The summed E-state index contributed by atoms with van der Waals surface area (Å²) in [4.78, 5) is 0. The smallest absolute Gasteiger partial charge is 0.101 e. The summed E-state index contributed by atoms with van der Waals surface area (Å²) in [5.41, 5.74) is 5.95. The minimum Gasteiger partial charge on any atom is -0.388 e. The highest BCUT2D eigenvalue weighted by molar-refractivity contribution is 4.78. The maximum absolute atomic E-state index is 9.62. The molecule has 0 spiro atoms. The van der Waals surface area contributed by atoms with E-state index in [-0.39, 0.29) is 18.2 Å². The molecule has 1 aliphatic rings. The molecule has 0 radical (unpaired) electrons. The first kappa shape index (κ1) is 13.9. The lowest BCUT2D eigenvalue weighted by Crippen LogP contribution is -2.41. The van der Waals surface area contributed by atoms with Gasteiger partial charge in [0.25, 0.3) is 0 Å². The predicted molar refractivity (Wildman–Crippen MR) is 63.3 cm³/mol. The largest absolute Gasteiger partial charge is 0.388 e. The molecule has 0 amide bonds. The van der Waals surface area contributed by atoms with Crippen molar-refractivity contribution >= 4 is 0 Å². The molecule has 96 valence electrons. The second-order valence-electron chi connectivity index (χ2n) is 4.86. The highest BCUT2D eigenvalue weighted by Crippen LogP contribution is 2.19. The van der Waals surface area contributed by atoms with Crippen LogP contribution in [0.5, 0.6) is 0 Å². The average molecular weight is 231 g/mol. The van der Waals surface area contributed by atoms with Crippen molar-refractivity contribution in [3.05, 3.63) is 0 Å². The quantitative estimate of drug-likeness (QED) is 0.717. The molecule has 0 saturated heterocycles. The lowest BCUT2D eigenvalue weighted by Gasteiger charge is -2.29. The molecule has 16 heavy (non-hydrogen) atoms. The first-order chi connectivity index (χ1) is 7.59. The average Bonchev–Trinajstić information content (AvgIpc) is 2.25. The molecule has 1 aliphatic carbocycles. The molecular formula is C12H25NO3. The molecule has 0 bridgehead atoms. The monoisotopic (exact) mass is 231 g/mol. The van der Waals surface area contributed by atoms with Crippen LogP contribution in [0.15, 0.2) is 0 Å². The van der Waals surface area contributed by atoms with Gasteiger partial charge in [-0.1, -0.05) is 12.8 Å². The van der Waals surface area contributed by atoms with Crippen LogP contribution in [0, 0.1) is 0 Å². The van der Waals surface area contributed by atoms with Crippen molar-refractivity contribution in [2.24, 2.45) is 5.73 Å². The fraction of sp³-hybridized carbons (Fsp3) is 1.00. The molecule has 4 nitrogen and oxygen atoms in total. The van der Waals surface area contributed by atoms with Crippen molar-refractivity contribution in [1.82, 2.24) is 0 Å². The van der Waals surface area contributed by atoms with Crippen LogP contribution in [0.3, 0.4) is 0 Å². The Morgan fingerprint density at radius 2 is 1.94 bits per heavy atom. The van der Waals surface area contributed by atoms with Crippen LogP contribution in [0.1, 0.15) is 39.5 Å². The van der Waals surface area contributed by atoms with Gasteiger partial charge in [-0.25, -0.2) is 0 Å². The first-order valence-corrected chi connectivity index (χ1v) is 6.26. The normalized spacial score (nSPS) is 28.3. The molecule has 3 atom stereocenters. The minimum atomic E-state index is -0.545. The third kappa shape index (κ3) is 5.25. The summed E-state index contributed by atoms with van der Waals surface area (Å²) in [5, 5.41) is 9.62. The molecular weight excluding hydrogens is 206 g/mol. The van der Waals surface area contributed by atoms with E-state index in [1.807, 2.05) is 13.8 Å². The van der Waals surface area contributed by atoms with Crippen molar-refractivity contribution < 1.29 is 14.6 Å². The Morgan fingerprint density at radius 3 is 2.56 bits per heavy atom. The Kier molecular flexibility index (Phi) is 6.28. The fourth-order valence-corrected chi connectivity index (χ4v) is 1.92. The van der Waals surface area contributed by atoms with Crippen molar-refractivity contribution in [2.75, 3.05) is 13.2 Å². The van der Waals surface area contributed by atoms with Gasteiger partial charge in [-0.3, -0.25) is 0 Å². The zero-order chi connectivity index (χ0) is 12.0. The van der Waals surface area contributed by atoms with Gasteiger partial charge in [-0.15, -0.1) is 0 Å². The Bertz CT molecular complexity index is 187. The van der Waals surface area contributed by atoms with Gasteiger partial charge in [-0.05, 0) is 26.7 Å². The molecule has 1 rings (SSSR count). The number of rotatable bonds is 6. The summed E-state index contributed by atoms with van der Waals surface area (Å²) in [7, 11) is 0. The zero-order valence-corrected chi connectivity index (χ0v) is 10.4. The van der Waals surface area contributed by atoms with Crippen LogP contribution in [0.4, 0.5) is 0 Å². The number of hydrogen-bond donors (Lipinski definition) is 2. The molecule has 0 aromatic rings. The van der Waals surface area contributed by atoms with Crippen molar-refractivity contribution in [2.45, 2.75) is 63.9 Å². The van der Waals surface area contributed by atoms with Crippen LogP contribution < -0.4 is 5.73 Å². The van der Waals surface area contributed by atoms with Crippen LogP contribution in [0.2, 0.25) is 0 Å². The molecule has 0 heterocycles. The second kappa shape index (κ2) is 7.22. The molecule has 1 fully saturated rings. The third-order valence-electron chi connectivity index (χ3n) is 2.88. The lowest BCUT2D eigenvalue weighted by atomic mass is 9.93. The van der Waals surface area contributed by atoms with Crippen molar-refractivity contribution in [3.8, 4) is 0 Å². The summed E-state index contributed by atoms with van der Waals surface area (Å²) in [6.07, 6.45) is 4.13. The number of aliphatic hydroxyl groups is 1. The summed E-state index contributed by atoms with van der Waals surface area (Å²) in [5.74, 6) is 0. The lowest BCUT2D eigenvalue weighted by molar-refractivity contribution is -0.0669. The van der Waals surface area contributed by atoms with Gasteiger partial charge in [0.1, 0.15) is 6.10 Å². The number of aliphatic hydroxyl groups excluding tert-OH is 1. The molecule has 0 aromatic heterocycles. The summed E-state index contributed by atoms with van der Waals surface area (Å²) < 4.78 is 10.9. The maximum Gasteiger partial charge on any atom is 0.101 e. The predicted octanol–water partition coefficient (Wildman–Crippen LogP) is 1.06. The number of ether oxygens (including phenoxy) is 2. The van der Waals surface area contributed by atoms with E-state index < -0.39 is 6.10 Å². The Morgan fingerprint density at radius 1 is 1.25 bits per heavy atom. The van der Waals surface area contributed by atoms with E-state index in [1.54, 1.807) is 0 Å². The van der Waals surface area contributed by atoms with Crippen molar-refractivity contribution in [1.29, 1.82) is 0 Å². The highest BCUT2D eigenvalue weighted by atomic mass is 16.5. The van der Waals surface area contributed by atoms with Crippen molar-refractivity contribution in [3.63, 3.8) is 0 Å². The Balaban J connectivity index is 2.12. The molecule has 3 unspecified atom stereocenters. The second-order valence-corrected chi connectivity index (χ2v) is 4.86. The molecule has 1 saturated carbocycles. The van der Waals surface area contributed by atoms with E-state index in [2.05, 4.69) is 0 Å². The van der Waals surface area contributed by atoms with Crippen LogP contribution in [-0.4, -0.2) is 42.7 Å². The van der Waals surface area contributed by atoms with Crippen LogP contribution in [-0.2, 0) is 9.47 Å². The third-order valence-corrected chi connectivity index (χ3v) is 2.88. The molecule has 0 aliphatic heterocycles. The van der Waals surface area contributed by atoms with Gasteiger partial charge in [0, 0.05) is 6.04 Å². The van der Waals surface area contributed by atoms with E-state index in [1.165, 1.54) is 12.8 Å². The van der Waals surface area contributed by atoms with E-state index in [0.29, 0.717) is 13.2 Å². The van der Waals surface area contributed by atoms with Gasteiger partial charge < -0.3 is 20.3 Å². The van der Waals surface area contributed by atoms with Gasteiger partial charge in [0.2, 0.25) is 0 Å². The first-order valence-electron chi connectivity index (χ1n) is 6.26.